The van der Waals surface area contributed by atoms with Gasteiger partial charge in [-0.2, -0.15) is 4.31 Å². The lowest BCUT2D eigenvalue weighted by Gasteiger charge is -2.34. The van der Waals surface area contributed by atoms with Gasteiger partial charge in [-0.3, -0.25) is 4.79 Å². The molecule has 2 N–H and O–H groups in total. The van der Waals surface area contributed by atoms with Gasteiger partial charge in [0.05, 0.1) is 10.9 Å². The number of benzene rings is 1. The molecule has 1 amide bonds. The lowest BCUT2D eigenvalue weighted by Crippen LogP contribution is -2.53. The fourth-order valence-electron chi connectivity index (χ4n) is 2.79. The zero-order chi connectivity index (χ0) is 17.9. The number of sulfonamides is 1. The van der Waals surface area contributed by atoms with E-state index in [1.54, 1.807) is 24.0 Å². The Hall–Kier alpha value is -1.15. The maximum absolute atomic E-state index is 12.7. The summed E-state index contributed by atoms with van der Waals surface area (Å²) in [6.45, 7) is 7.23. The van der Waals surface area contributed by atoms with Crippen LogP contribution in [0.25, 0.3) is 0 Å². The molecule has 1 heterocycles. The number of nitrogens with zero attached hydrogens (tertiary/aromatic N) is 2. The maximum atomic E-state index is 12.7. The molecule has 0 aromatic heterocycles. The van der Waals surface area contributed by atoms with Gasteiger partial charge in [0.1, 0.15) is 0 Å². The first-order valence-corrected chi connectivity index (χ1v) is 9.85. The zero-order valence-electron chi connectivity index (χ0n) is 15.0. The van der Waals surface area contributed by atoms with Crippen LogP contribution in [-0.2, 0) is 14.8 Å². The van der Waals surface area contributed by atoms with Crippen LogP contribution in [0.2, 0.25) is 0 Å². The SMILES string of the molecule is CCC(C)c1ccc(S(=O)(=O)N2CCN(C(=O)[C@@H](C)N)CC2)cc1.Cl. The molecular weight excluding hydrogens is 362 g/mol. The zero-order valence-corrected chi connectivity index (χ0v) is 16.6. The molecule has 1 aliphatic heterocycles. The van der Waals surface area contributed by atoms with Crippen LogP contribution >= 0.6 is 12.4 Å². The van der Waals surface area contributed by atoms with Crippen molar-refractivity contribution in [3.63, 3.8) is 0 Å². The number of carbonyl (C=O) groups is 1. The third-order valence-corrected chi connectivity index (χ3v) is 6.55. The van der Waals surface area contributed by atoms with Crippen LogP contribution in [0.15, 0.2) is 29.2 Å². The Kier molecular flexibility index (Phi) is 7.87. The second-order valence-electron chi connectivity index (χ2n) is 6.40. The van der Waals surface area contributed by atoms with E-state index in [2.05, 4.69) is 13.8 Å². The van der Waals surface area contributed by atoms with Crippen molar-refractivity contribution in [2.45, 2.75) is 44.0 Å². The van der Waals surface area contributed by atoms with E-state index in [1.165, 1.54) is 4.31 Å². The summed E-state index contributed by atoms with van der Waals surface area (Å²) in [6, 6.07) is 6.57. The Labute approximate surface area is 156 Å². The van der Waals surface area contributed by atoms with E-state index in [0.717, 1.165) is 12.0 Å². The summed E-state index contributed by atoms with van der Waals surface area (Å²) in [6.07, 6.45) is 1.02. The van der Waals surface area contributed by atoms with E-state index in [-0.39, 0.29) is 18.3 Å². The second kappa shape index (κ2) is 8.98. The molecule has 2 atom stereocenters. The Morgan fingerprint density at radius 1 is 1.12 bits per heavy atom. The Balaban J connectivity index is 0.00000312. The molecule has 0 spiro atoms. The highest BCUT2D eigenvalue weighted by molar-refractivity contribution is 7.89. The average molecular weight is 390 g/mol. The van der Waals surface area contributed by atoms with Gasteiger partial charge >= 0.3 is 0 Å². The molecule has 0 saturated carbocycles. The third kappa shape index (κ3) is 4.94. The topological polar surface area (TPSA) is 83.7 Å². The maximum Gasteiger partial charge on any atom is 0.243 e. The molecule has 6 nitrogen and oxygen atoms in total. The molecule has 1 aromatic carbocycles. The summed E-state index contributed by atoms with van der Waals surface area (Å²) in [5.74, 6) is 0.277. The van der Waals surface area contributed by atoms with Crippen molar-refractivity contribution in [1.29, 1.82) is 0 Å². The first kappa shape index (κ1) is 21.9. The van der Waals surface area contributed by atoms with Crippen LogP contribution in [0.5, 0.6) is 0 Å². The third-order valence-electron chi connectivity index (χ3n) is 4.64. The molecular formula is C17H28ClN3O3S. The van der Waals surface area contributed by atoms with Gasteiger partial charge in [-0.05, 0) is 37.0 Å². The van der Waals surface area contributed by atoms with Gasteiger partial charge in [0.25, 0.3) is 0 Å². The molecule has 1 aliphatic rings. The standard InChI is InChI=1S/C17H27N3O3S.ClH/c1-4-13(2)15-5-7-16(8-6-15)24(22,23)20-11-9-19(10-12-20)17(21)14(3)18;/h5-8,13-14H,4,9-12,18H2,1-3H3;1H/t13?,14-;/m1./s1. The molecule has 142 valence electrons. The molecule has 1 unspecified atom stereocenters. The van der Waals surface area contributed by atoms with Gasteiger partial charge < -0.3 is 10.6 Å². The fourth-order valence-corrected chi connectivity index (χ4v) is 4.21. The highest BCUT2D eigenvalue weighted by atomic mass is 35.5. The number of carbonyl (C=O) groups excluding carboxylic acids is 1. The number of piperazine rings is 1. The second-order valence-corrected chi connectivity index (χ2v) is 8.33. The van der Waals surface area contributed by atoms with Crippen LogP contribution in [0.3, 0.4) is 0 Å². The Bertz CT molecular complexity index is 669. The van der Waals surface area contributed by atoms with E-state index >= 15 is 0 Å². The van der Waals surface area contributed by atoms with Crippen LogP contribution in [0.1, 0.15) is 38.7 Å². The Morgan fingerprint density at radius 3 is 2.08 bits per heavy atom. The van der Waals surface area contributed by atoms with Gasteiger partial charge in [0, 0.05) is 26.2 Å². The fraction of sp³-hybridized carbons (Fsp3) is 0.588. The van der Waals surface area contributed by atoms with Crippen molar-refractivity contribution < 1.29 is 13.2 Å². The highest BCUT2D eigenvalue weighted by Crippen LogP contribution is 2.23. The van der Waals surface area contributed by atoms with Crippen LogP contribution in [0.4, 0.5) is 0 Å². The van der Waals surface area contributed by atoms with E-state index in [9.17, 15) is 13.2 Å². The summed E-state index contributed by atoms with van der Waals surface area (Å²) in [5.41, 5.74) is 6.75. The monoisotopic (exact) mass is 389 g/mol. The number of nitrogens with two attached hydrogens (primary N) is 1. The predicted molar refractivity (Wildman–Crippen MR) is 101 cm³/mol. The smallest absolute Gasteiger partial charge is 0.243 e. The Morgan fingerprint density at radius 2 is 1.64 bits per heavy atom. The molecule has 1 aromatic rings. The quantitative estimate of drug-likeness (QED) is 0.832. The van der Waals surface area contributed by atoms with Crippen molar-refractivity contribution in [3.8, 4) is 0 Å². The number of hydrogen-bond acceptors (Lipinski definition) is 4. The van der Waals surface area contributed by atoms with Crippen molar-refractivity contribution in [2.75, 3.05) is 26.2 Å². The normalized spacial score (nSPS) is 18.3. The average Bonchev–Trinajstić information content (AvgIpc) is 2.60. The van der Waals surface area contributed by atoms with E-state index in [4.69, 9.17) is 5.73 Å². The van der Waals surface area contributed by atoms with Crippen molar-refractivity contribution >= 4 is 28.3 Å². The van der Waals surface area contributed by atoms with E-state index in [1.807, 2.05) is 12.1 Å². The van der Waals surface area contributed by atoms with Gasteiger partial charge in [-0.1, -0.05) is 26.0 Å². The minimum absolute atomic E-state index is 0. The summed E-state index contributed by atoms with van der Waals surface area (Å²) >= 11 is 0. The number of halogens is 1. The van der Waals surface area contributed by atoms with Crippen molar-refractivity contribution in [1.82, 2.24) is 9.21 Å². The first-order valence-electron chi connectivity index (χ1n) is 8.41. The van der Waals surface area contributed by atoms with Gasteiger partial charge in [-0.25, -0.2) is 8.42 Å². The molecule has 1 saturated heterocycles. The van der Waals surface area contributed by atoms with Gasteiger partial charge in [0.15, 0.2) is 0 Å². The molecule has 1 fully saturated rings. The summed E-state index contributed by atoms with van der Waals surface area (Å²) in [5, 5.41) is 0. The van der Waals surface area contributed by atoms with E-state index < -0.39 is 16.1 Å². The minimum atomic E-state index is -3.52. The summed E-state index contributed by atoms with van der Waals surface area (Å²) < 4.78 is 26.9. The number of hydrogen-bond donors (Lipinski definition) is 1. The molecule has 0 aliphatic carbocycles. The first-order chi connectivity index (χ1) is 11.3. The lowest BCUT2D eigenvalue weighted by atomic mass is 9.99. The highest BCUT2D eigenvalue weighted by Gasteiger charge is 2.30. The predicted octanol–water partition coefficient (Wildman–Crippen LogP) is 1.80. The largest absolute Gasteiger partial charge is 0.339 e. The van der Waals surface area contributed by atoms with Crippen LogP contribution < -0.4 is 5.73 Å². The molecule has 8 heteroatoms. The van der Waals surface area contributed by atoms with Gasteiger partial charge in [-0.15, -0.1) is 12.4 Å². The molecule has 0 radical (unpaired) electrons. The lowest BCUT2D eigenvalue weighted by molar-refractivity contribution is -0.133. The van der Waals surface area contributed by atoms with Crippen LogP contribution in [0, 0.1) is 0 Å². The van der Waals surface area contributed by atoms with Crippen LogP contribution in [-0.4, -0.2) is 55.8 Å². The minimum Gasteiger partial charge on any atom is -0.339 e. The molecule has 25 heavy (non-hydrogen) atoms. The number of rotatable bonds is 5. The number of amides is 1. The summed E-state index contributed by atoms with van der Waals surface area (Å²) in [7, 11) is -3.52. The van der Waals surface area contributed by atoms with E-state index in [0.29, 0.717) is 37.0 Å². The van der Waals surface area contributed by atoms with Crippen molar-refractivity contribution in [2.24, 2.45) is 5.73 Å². The molecule has 0 bridgehead atoms. The molecule has 2 rings (SSSR count). The van der Waals surface area contributed by atoms with Gasteiger partial charge in [0.2, 0.25) is 15.9 Å². The summed E-state index contributed by atoms with van der Waals surface area (Å²) in [4.78, 5) is 13.8. The van der Waals surface area contributed by atoms with Crippen molar-refractivity contribution in [3.05, 3.63) is 29.8 Å².